The highest BCUT2D eigenvalue weighted by Crippen LogP contribution is 2.32. The molecule has 1 N–H and O–H groups in total. The Labute approximate surface area is 102 Å². The molecule has 2 aliphatic rings. The van der Waals surface area contributed by atoms with E-state index in [1.54, 1.807) is 0 Å². The van der Waals surface area contributed by atoms with E-state index in [0.717, 1.165) is 30.5 Å². The molecule has 2 heterocycles. The van der Waals surface area contributed by atoms with Crippen molar-refractivity contribution in [2.75, 3.05) is 26.3 Å². The fourth-order valence-electron chi connectivity index (χ4n) is 2.63. The molecule has 0 atom stereocenters. The molecule has 0 bridgehead atoms. The topological polar surface area (TPSA) is 30.5 Å². The van der Waals surface area contributed by atoms with Gasteiger partial charge in [-0.15, -0.1) is 0 Å². The zero-order chi connectivity index (χ0) is 11.5. The maximum Gasteiger partial charge on any atom is 0.161 e. The lowest BCUT2D eigenvalue weighted by Crippen LogP contribution is -2.28. The van der Waals surface area contributed by atoms with Crippen molar-refractivity contribution < 1.29 is 9.47 Å². The van der Waals surface area contributed by atoms with Crippen molar-refractivity contribution in [2.24, 2.45) is 5.92 Å². The van der Waals surface area contributed by atoms with E-state index in [9.17, 15) is 0 Å². The Morgan fingerprint density at radius 2 is 1.82 bits per heavy atom. The van der Waals surface area contributed by atoms with Crippen molar-refractivity contribution in [3.63, 3.8) is 0 Å². The van der Waals surface area contributed by atoms with Crippen molar-refractivity contribution in [3.05, 3.63) is 23.8 Å². The van der Waals surface area contributed by atoms with E-state index in [0.29, 0.717) is 13.2 Å². The second-order valence-corrected chi connectivity index (χ2v) is 4.88. The number of ether oxygens (including phenoxy) is 2. The molecule has 3 nitrogen and oxygen atoms in total. The second kappa shape index (κ2) is 4.96. The fraction of sp³-hybridized carbons (Fsp3) is 0.571. The third kappa shape index (κ3) is 2.55. The summed E-state index contributed by atoms with van der Waals surface area (Å²) in [6.07, 6.45) is 3.74. The highest BCUT2D eigenvalue weighted by molar-refractivity contribution is 5.43. The van der Waals surface area contributed by atoms with Crippen molar-refractivity contribution in [1.82, 2.24) is 5.32 Å². The van der Waals surface area contributed by atoms with E-state index in [2.05, 4.69) is 17.4 Å². The summed E-state index contributed by atoms with van der Waals surface area (Å²) in [5, 5.41) is 3.41. The van der Waals surface area contributed by atoms with Crippen LogP contribution in [0.3, 0.4) is 0 Å². The molecule has 0 unspecified atom stereocenters. The maximum atomic E-state index is 5.62. The molecule has 92 valence electrons. The van der Waals surface area contributed by atoms with Crippen LogP contribution in [0.5, 0.6) is 11.5 Å². The molecule has 3 rings (SSSR count). The van der Waals surface area contributed by atoms with E-state index < -0.39 is 0 Å². The van der Waals surface area contributed by atoms with E-state index in [1.807, 2.05) is 6.07 Å². The first-order valence-electron chi connectivity index (χ1n) is 6.51. The first-order chi connectivity index (χ1) is 8.42. The summed E-state index contributed by atoms with van der Waals surface area (Å²) in [4.78, 5) is 0. The zero-order valence-electron chi connectivity index (χ0n) is 10.1. The van der Waals surface area contributed by atoms with E-state index in [1.165, 1.54) is 24.8 Å². The van der Waals surface area contributed by atoms with Gasteiger partial charge in [-0.2, -0.15) is 0 Å². The van der Waals surface area contributed by atoms with Crippen LogP contribution in [-0.2, 0) is 6.42 Å². The Morgan fingerprint density at radius 1 is 1.06 bits per heavy atom. The van der Waals surface area contributed by atoms with Gasteiger partial charge in [-0.1, -0.05) is 6.07 Å². The van der Waals surface area contributed by atoms with Crippen LogP contribution in [-0.4, -0.2) is 26.3 Å². The third-order valence-corrected chi connectivity index (χ3v) is 3.59. The number of hydrogen-bond donors (Lipinski definition) is 1. The standard InChI is InChI=1S/C14H19NO2/c1-2-13-14(17-8-7-16-13)10-12(1)9-11-3-5-15-6-4-11/h1-2,10-11,15H,3-9H2. The molecule has 0 aliphatic carbocycles. The lowest BCUT2D eigenvalue weighted by atomic mass is 9.91. The second-order valence-electron chi connectivity index (χ2n) is 4.88. The number of piperidine rings is 1. The zero-order valence-corrected chi connectivity index (χ0v) is 10.1. The van der Waals surface area contributed by atoms with Gasteiger partial charge in [0.25, 0.3) is 0 Å². The Kier molecular flexibility index (Phi) is 3.18. The highest BCUT2D eigenvalue weighted by atomic mass is 16.6. The van der Waals surface area contributed by atoms with E-state index in [4.69, 9.17) is 9.47 Å². The number of nitrogens with one attached hydrogen (secondary N) is 1. The number of rotatable bonds is 2. The molecule has 0 spiro atoms. The molecule has 3 heteroatoms. The van der Waals surface area contributed by atoms with Crippen LogP contribution in [0.25, 0.3) is 0 Å². The molecule has 0 saturated carbocycles. The molecule has 1 saturated heterocycles. The van der Waals surface area contributed by atoms with Crippen molar-refractivity contribution >= 4 is 0 Å². The van der Waals surface area contributed by atoms with E-state index in [-0.39, 0.29) is 0 Å². The Morgan fingerprint density at radius 3 is 2.65 bits per heavy atom. The number of fused-ring (bicyclic) bond motifs is 1. The first-order valence-corrected chi connectivity index (χ1v) is 6.51. The summed E-state index contributed by atoms with van der Waals surface area (Å²) < 4.78 is 11.1. The van der Waals surface area contributed by atoms with Crippen LogP contribution in [0.2, 0.25) is 0 Å². The lowest BCUT2D eigenvalue weighted by Gasteiger charge is -2.23. The summed E-state index contributed by atoms with van der Waals surface area (Å²) >= 11 is 0. The highest BCUT2D eigenvalue weighted by Gasteiger charge is 2.16. The van der Waals surface area contributed by atoms with Crippen LogP contribution < -0.4 is 14.8 Å². The summed E-state index contributed by atoms with van der Waals surface area (Å²) in [5.74, 6) is 2.63. The monoisotopic (exact) mass is 233 g/mol. The Balaban J connectivity index is 1.70. The van der Waals surface area contributed by atoms with Gasteiger partial charge in [0.1, 0.15) is 13.2 Å². The average Bonchev–Trinajstić information content (AvgIpc) is 2.40. The van der Waals surface area contributed by atoms with Gasteiger partial charge in [-0.05, 0) is 56.0 Å². The summed E-state index contributed by atoms with van der Waals surface area (Å²) in [7, 11) is 0. The van der Waals surface area contributed by atoms with E-state index >= 15 is 0 Å². The van der Waals surface area contributed by atoms with Crippen molar-refractivity contribution in [2.45, 2.75) is 19.3 Å². The first kappa shape index (κ1) is 10.9. The predicted molar refractivity (Wildman–Crippen MR) is 66.7 cm³/mol. The summed E-state index contributed by atoms with van der Waals surface area (Å²) in [6.45, 7) is 3.66. The normalized spacial score (nSPS) is 20.2. The molecule has 0 aromatic heterocycles. The Bertz CT molecular complexity index is 386. The average molecular weight is 233 g/mol. The van der Waals surface area contributed by atoms with Crippen LogP contribution >= 0.6 is 0 Å². The molecule has 1 aromatic rings. The van der Waals surface area contributed by atoms with Crippen LogP contribution in [0.15, 0.2) is 18.2 Å². The van der Waals surface area contributed by atoms with Gasteiger partial charge in [0, 0.05) is 0 Å². The quantitative estimate of drug-likeness (QED) is 0.847. The number of hydrogen-bond acceptors (Lipinski definition) is 3. The van der Waals surface area contributed by atoms with Crippen LogP contribution in [0.4, 0.5) is 0 Å². The predicted octanol–water partition coefficient (Wildman–Crippen LogP) is 2.00. The van der Waals surface area contributed by atoms with Gasteiger partial charge in [-0.3, -0.25) is 0 Å². The lowest BCUT2D eigenvalue weighted by molar-refractivity contribution is 0.171. The van der Waals surface area contributed by atoms with Gasteiger partial charge in [0.15, 0.2) is 11.5 Å². The molecule has 17 heavy (non-hydrogen) atoms. The van der Waals surface area contributed by atoms with Crippen LogP contribution in [0, 0.1) is 5.92 Å². The minimum Gasteiger partial charge on any atom is -0.486 e. The van der Waals surface area contributed by atoms with Crippen molar-refractivity contribution in [1.29, 1.82) is 0 Å². The third-order valence-electron chi connectivity index (χ3n) is 3.59. The molecule has 1 fully saturated rings. The minimum atomic E-state index is 0.667. The van der Waals surface area contributed by atoms with Crippen molar-refractivity contribution in [3.8, 4) is 11.5 Å². The smallest absolute Gasteiger partial charge is 0.161 e. The number of benzene rings is 1. The molecular weight excluding hydrogens is 214 g/mol. The molecule has 2 aliphatic heterocycles. The molecular formula is C14H19NO2. The molecule has 0 amide bonds. The van der Waals surface area contributed by atoms with Gasteiger partial charge >= 0.3 is 0 Å². The van der Waals surface area contributed by atoms with Gasteiger partial charge < -0.3 is 14.8 Å². The minimum absolute atomic E-state index is 0.667. The van der Waals surface area contributed by atoms with Gasteiger partial charge in [-0.25, -0.2) is 0 Å². The van der Waals surface area contributed by atoms with Crippen LogP contribution in [0.1, 0.15) is 18.4 Å². The fourth-order valence-corrected chi connectivity index (χ4v) is 2.63. The Hall–Kier alpha value is -1.22. The molecule has 0 radical (unpaired) electrons. The largest absolute Gasteiger partial charge is 0.486 e. The SMILES string of the molecule is c1cc2c(cc1CC1CCNCC1)OCCO2. The van der Waals surface area contributed by atoms with Gasteiger partial charge in [0.2, 0.25) is 0 Å². The molecule has 1 aromatic carbocycles. The maximum absolute atomic E-state index is 5.62. The van der Waals surface area contributed by atoms with Gasteiger partial charge in [0.05, 0.1) is 0 Å². The summed E-state index contributed by atoms with van der Waals surface area (Å²) in [6, 6.07) is 6.37. The summed E-state index contributed by atoms with van der Waals surface area (Å²) in [5.41, 5.74) is 1.38.